The number of ether oxygens (including phenoxy) is 1. The number of nitrogens with zero attached hydrogens (tertiary/aromatic N) is 4. The lowest BCUT2D eigenvalue weighted by atomic mass is 10.0. The van der Waals surface area contributed by atoms with Crippen molar-refractivity contribution in [3.8, 4) is 11.4 Å². The quantitative estimate of drug-likeness (QED) is 0.510. The zero-order chi connectivity index (χ0) is 27.1. The van der Waals surface area contributed by atoms with Crippen molar-refractivity contribution in [3.05, 3.63) is 71.2 Å². The van der Waals surface area contributed by atoms with Gasteiger partial charge in [0, 0.05) is 31.6 Å². The molecule has 5 rings (SSSR count). The highest BCUT2D eigenvalue weighted by Crippen LogP contribution is 2.31. The molecule has 1 unspecified atom stereocenters. The number of amides is 4. The van der Waals surface area contributed by atoms with Crippen molar-refractivity contribution in [2.45, 2.75) is 31.9 Å². The number of nitrogens with one attached hydrogen (secondary N) is 1. The van der Waals surface area contributed by atoms with Gasteiger partial charge in [-0.05, 0) is 48.4 Å². The van der Waals surface area contributed by atoms with Gasteiger partial charge >= 0.3 is 6.09 Å². The van der Waals surface area contributed by atoms with Gasteiger partial charge in [0.2, 0.25) is 11.8 Å². The molecule has 0 spiro atoms. The third-order valence-electron chi connectivity index (χ3n) is 6.33. The number of hydrogen-bond acceptors (Lipinski definition) is 6. The van der Waals surface area contributed by atoms with E-state index in [0.717, 1.165) is 27.8 Å². The first-order valence-corrected chi connectivity index (χ1v) is 11.5. The molecule has 38 heavy (non-hydrogen) atoms. The molecule has 0 radical (unpaired) electrons. The van der Waals surface area contributed by atoms with E-state index in [4.69, 9.17) is 4.74 Å². The number of alkyl halides is 2. The Morgan fingerprint density at radius 2 is 1.87 bits per heavy atom. The Hall–Kier alpha value is -4.68. The van der Waals surface area contributed by atoms with E-state index in [9.17, 15) is 32.3 Å². The summed E-state index contributed by atoms with van der Waals surface area (Å²) in [6, 6.07) is 9.52. The number of piperidine rings is 1. The topological polar surface area (TPSA) is 114 Å². The van der Waals surface area contributed by atoms with Crippen LogP contribution in [-0.2, 0) is 16.1 Å². The van der Waals surface area contributed by atoms with Crippen LogP contribution in [0.3, 0.4) is 0 Å². The van der Waals surface area contributed by atoms with E-state index in [1.54, 1.807) is 6.07 Å². The largest absolute Gasteiger partial charge is 0.420 e. The van der Waals surface area contributed by atoms with Crippen LogP contribution in [-0.4, -0.2) is 51.6 Å². The number of benzene rings is 2. The van der Waals surface area contributed by atoms with Crippen molar-refractivity contribution in [1.29, 1.82) is 0 Å². The fourth-order valence-corrected chi connectivity index (χ4v) is 4.37. The number of fused-ring (bicyclic) bond motifs is 1. The maximum atomic E-state index is 13.4. The molecule has 13 heteroatoms. The lowest BCUT2D eigenvalue weighted by Crippen LogP contribution is -2.52. The van der Waals surface area contributed by atoms with Gasteiger partial charge in [0.1, 0.15) is 29.1 Å². The molecule has 0 saturated carbocycles. The van der Waals surface area contributed by atoms with Crippen LogP contribution in [0, 0.1) is 5.82 Å². The summed E-state index contributed by atoms with van der Waals surface area (Å²) in [5.74, 6) is -1.96. The fraction of sp³-hybridized carbons (Fsp3) is 0.240. The first-order chi connectivity index (χ1) is 18.1. The SMILES string of the molecule is CN(C(=O)Oc1ccc2c(c1)C(=O)N(C1CCC(=O)NC1=O)C2)c1cc(C(F)F)nn1-c1ccc(F)cc1. The minimum Gasteiger partial charge on any atom is -0.410 e. The standard InChI is InChI=1S/C25H20F3N5O5/c1-31(21-11-18(22(27)28)30-33(21)15-5-3-14(26)4-6-15)25(37)38-16-7-2-13-12-32(24(36)17(13)10-16)19-8-9-20(34)29-23(19)35/h2-7,10-11,19,22H,8-9,12H2,1H3,(H,29,34,35). The lowest BCUT2D eigenvalue weighted by Gasteiger charge is -2.29. The third-order valence-corrected chi connectivity index (χ3v) is 6.33. The Balaban J connectivity index is 1.35. The molecule has 0 bridgehead atoms. The molecule has 196 valence electrons. The zero-order valence-electron chi connectivity index (χ0n) is 19.9. The Labute approximate surface area is 213 Å². The molecule has 1 saturated heterocycles. The highest BCUT2D eigenvalue weighted by atomic mass is 19.3. The van der Waals surface area contributed by atoms with Crippen molar-refractivity contribution in [2.24, 2.45) is 0 Å². The second-order valence-electron chi connectivity index (χ2n) is 8.76. The zero-order valence-corrected chi connectivity index (χ0v) is 19.9. The van der Waals surface area contributed by atoms with Crippen molar-refractivity contribution in [2.75, 3.05) is 11.9 Å². The molecule has 3 aromatic rings. The summed E-state index contributed by atoms with van der Waals surface area (Å²) in [7, 11) is 1.29. The molecular formula is C25H20F3N5O5. The van der Waals surface area contributed by atoms with E-state index >= 15 is 0 Å². The predicted molar refractivity (Wildman–Crippen MR) is 125 cm³/mol. The van der Waals surface area contributed by atoms with Crippen LogP contribution in [0.5, 0.6) is 5.75 Å². The first-order valence-electron chi connectivity index (χ1n) is 11.5. The second kappa shape index (κ2) is 9.65. The number of anilines is 1. The molecule has 1 N–H and O–H groups in total. The Kier molecular flexibility index (Phi) is 6.35. The number of halogens is 3. The van der Waals surface area contributed by atoms with Crippen LogP contribution >= 0.6 is 0 Å². The molecule has 2 aliphatic rings. The number of imide groups is 1. The van der Waals surface area contributed by atoms with E-state index in [0.29, 0.717) is 5.56 Å². The smallest absolute Gasteiger partial charge is 0.410 e. The minimum absolute atomic E-state index is 0.0148. The van der Waals surface area contributed by atoms with Crippen molar-refractivity contribution in [3.63, 3.8) is 0 Å². The van der Waals surface area contributed by atoms with Gasteiger partial charge in [-0.1, -0.05) is 6.07 Å². The number of carbonyl (C=O) groups is 4. The van der Waals surface area contributed by atoms with Crippen LogP contribution in [0.25, 0.3) is 5.69 Å². The van der Waals surface area contributed by atoms with E-state index in [1.165, 1.54) is 36.2 Å². The van der Waals surface area contributed by atoms with Crippen LogP contribution in [0.4, 0.5) is 23.8 Å². The predicted octanol–water partition coefficient (Wildman–Crippen LogP) is 3.35. The van der Waals surface area contributed by atoms with Gasteiger partial charge in [-0.2, -0.15) is 5.10 Å². The molecule has 3 heterocycles. The minimum atomic E-state index is -2.92. The normalized spacial score (nSPS) is 17.0. The molecule has 1 aromatic heterocycles. The van der Waals surface area contributed by atoms with Gasteiger partial charge in [-0.25, -0.2) is 22.6 Å². The first kappa shape index (κ1) is 25.0. The van der Waals surface area contributed by atoms with Crippen LogP contribution in [0.2, 0.25) is 0 Å². The molecular weight excluding hydrogens is 507 g/mol. The molecule has 1 fully saturated rings. The van der Waals surface area contributed by atoms with Crippen LogP contribution < -0.4 is 15.0 Å². The summed E-state index contributed by atoms with van der Waals surface area (Å²) in [6.45, 7) is 0.155. The van der Waals surface area contributed by atoms with Crippen LogP contribution in [0.1, 0.15) is 40.9 Å². The molecule has 4 amide bonds. The van der Waals surface area contributed by atoms with Gasteiger partial charge in [-0.3, -0.25) is 24.6 Å². The number of hydrogen-bond donors (Lipinski definition) is 1. The highest BCUT2D eigenvalue weighted by Gasteiger charge is 2.39. The maximum absolute atomic E-state index is 13.4. The van der Waals surface area contributed by atoms with Crippen LogP contribution in [0.15, 0.2) is 48.5 Å². The van der Waals surface area contributed by atoms with E-state index in [1.807, 2.05) is 0 Å². The molecule has 2 aliphatic heterocycles. The molecule has 2 aromatic carbocycles. The average molecular weight is 527 g/mol. The second-order valence-corrected chi connectivity index (χ2v) is 8.76. The van der Waals surface area contributed by atoms with Crippen molar-refractivity contribution in [1.82, 2.24) is 20.0 Å². The molecule has 0 aliphatic carbocycles. The number of rotatable bonds is 5. The number of carbonyl (C=O) groups excluding carboxylic acids is 4. The summed E-state index contributed by atoms with van der Waals surface area (Å²) in [5, 5.41) is 6.06. The van der Waals surface area contributed by atoms with Gasteiger partial charge in [0.15, 0.2) is 0 Å². The summed E-state index contributed by atoms with van der Waals surface area (Å²) in [6.07, 6.45) is -3.55. The fourth-order valence-electron chi connectivity index (χ4n) is 4.37. The summed E-state index contributed by atoms with van der Waals surface area (Å²) < 4.78 is 46.6. The average Bonchev–Trinajstić information content (AvgIpc) is 3.46. The highest BCUT2D eigenvalue weighted by molar-refractivity contribution is 6.05. The van der Waals surface area contributed by atoms with E-state index in [-0.39, 0.29) is 42.2 Å². The van der Waals surface area contributed by atoms with Gasteiger partial charge < -0.3 is 9.64 Å². The number of aromatic nitrogens is 2. The van der Waals surface area contributed by atoms with Gasteiger partial charge in [0.25, 0.3) is 12.3 Å². The van der Waals surface area contributed by atoms with Crippen molar-refractivity contribution < 1.29 is 37.1 Å². The van der Waals surface area contributed by atoms with Gasteiger partial charge in [-0.15, -0.1) is 0 Å². The maximum Gasteiger partial charge on any atom is 0.420 e. The third kappa shape index (κ3) is 4.58. The van der Waals surface area contributed by atoms with Gasteiger partial charge in [0.05, 0.1) is 5.69 Å². The van der Waals surface area contributed by atoms with E-state index < -0.39 is 47.8 Å². The van der Waals surface area contributed by atoms with E-state index in [2.05, 4.69) is 10.4 Å². The monoisotopic (exact) mass is 527 g/mol. The summed E-state index contributed by atoms with van der Waals surface area (Å²) >= 11 is 0. The molecule has 10 nitrogen and oxygen atoms in total. The summed E-state index contributed by atoms with van der Waals surface area (Å²) in [4.78, 5) is 51.9. The Morgan fingerprint density at radius 1 is 1.13 bits per heavy atom. The lowest BCUT2D eigenvalue weighted by molar-refractivity contribution is -0.136. The Bertz CT molecular complexity index is 1460. The van der Waals surface area contributed by atoms with Crippen molar-refractivity contribution >= 4 is 29.6 Å². The Morgan fingerprint density at radius 3 is 2.55 bits per heavy atom. The summed E-state index contributed by atoms with van der Waals surface area (Å²) in [5.41, 5.74) is 0.494. The molecule has 1 atom stereocenters.